The molecule has 1 aromatic heterocycles. The van der Waals surface area contributed by atoms with Gasteiger partial charge in [-0.25, -0.2) is 9.97 Å². The summed E-state index contributed by atoms with van der Waals surface area (Å²) in [4.78, 5) is 61.6. The quantitative estimate of drug-likeness (QED) is 0.219. The van der Waals surface area contributed by atoms with Gasteiger partial charge in [0.05, 0.1) is 23.5 Å². The Balaban J connectivity index is 0.910. The first-order chi connectivity index (χ1) is 24.0. The number of ether oxygens (including phenoxy) is 2. The third-order valence-electron chi connectivity index (χ3n) is 9.66. The number of hydrogen-bond acceptors (Lipinski definition) is 10. The summed E-state index contributed by atoms with van der Waals surface area (Å²) in [6.45, 7) is 4.36. The Labute approximate surface area is 289 Å². The molecular formula is C38H38N6O6. The molecule has 2 fully saturated rings. The Morgan fingerprint density at radius 2 is 1.50 bits per heavy atom. The molecule has 1 atom stereocenters. The van der Waals surface area contributed by atoms with Crippen molar-refractivity contribution >= 4 is 35.1 Å². The Morgan fingerprint density at radius 1 is 0.840 bits per heavy atom. The van der Waals surface area contributed by atoms with Crippen LogP contribution in [0.25, 0.3) is 0 Å². The number of benzene rings is 3. The van der Waals surface area contributed by atoms with Crippen LogP contribution >= 0.6 is 0 Å². The normalized spacial score (nSPS) is 20.2. The number of carbonyl (C=O) groups is 4. The monoisotopic (exact) mass is 674 g/mol. The van der Waals surface area contributed by atoms with Gasteiger partial charge in [0.25, 0.3) is 11.8 Å². The van der Waals surface area contributed by atoms with Gasteiger partial charge in [-0.3, -0.25) is 29.4 Å². The van der Waals surface area contributed by atoms with Crippen molar-refractivity contribution in [2.75, 3.05) is 24.3 Å². The fourth-order valence-corrected chi connectivity index (χ4v) is 6.54. The molecule has 7 rings (SSSR count). The average Bonchev–Trinajstić information content (AvgIpc) is 3.32. The van der Waals surface area contributed by atoms with Crippen molar-refractivity contribution in [3.05, 3.63) is 101 Å². The highest BCUT2D eigenvalue weighted by Gasteiger charge is 2.44. The summed E-state index contributed by atoms with van der Waals surface area (Å²) in [6.07, 6.45) is 5.09. The number of piperidine rings is 1. The largest absolute Gasteiger partial charge is 0.490 e. The van der Waals surface area contributed by atoms with Crippen LogP contribution in [0, 0.1) is 0 Å². The van der Waals surface area contributed by atoms with Crippen molar-refractivity contribution in [1.82, 2.24) is 20.2 Å². The smallest absolute Gasteiger partial charge is 0.262 e. The fourth-order valence-electron chi connectivity index (χ4n) is 6.54. The van der Waals surface area contributed by atoms with Gasteiger partial charge in [0.1, 0.15) is 29.5 Å². The zero-order valence-electron chi connectivity index (χ0n) is 28.3. The molecule has 1 unspecified atom stereocenters. The summed E-state index contributed by atoms with van der Waals surface area (Å²) in [5.74, 6) is 0.619. The Hall–Kier alpha value is -5.78. The molecule has 256 valence electrons. The van der Waals surface area contributed by atoms with Gasteiger partial charge < -0.3 is 19.7 Å². The number of amides is 4. The lowest BCUT2D eigenvalue weighted by Crippen LogP contribution is -2.54. The Bertz CT molecular complexity index is 1950. The first-order valence-electron chi connectivity index (χ1n) is 16.6. The van der Waals surface area contributed by atoms with E-state index < -0.39 is 29.7 Å². The number of aromatic nitrogens is 2. The highest BCUT2D eigenvalue weighted by Crippen LogP contribution is 2.36. The molecule has 3 aromatic carbocycles. The van der Waals surface area contributed by atoms with Gasteiger partial charge in [-0.15, -0.1) is 0 Å². The van der Waals surface area contributed by atoms with Crippen molar-refractivity contribution in [2.45, 2.75) is 63.1 Å². The summed E-state index contributed by atoms with van der Waals surface area (Å²) in [5, 5.41) is 5.65. The molecule has 4 amide bonds. The highest BCUT2D eigenvalue weighted by atomic mass is 16.5. The number of rotatable bonds is 10. The van der Waals surface area contributed by atoms with Crippen LogP contribution in [0.4, 0.5) is 11.5 Å². The van der Waals surface area contributed by atoms with E-state index in [4.69, 9.17) is 9.47 Å². The van der Waals surface area contributed by atoms with Crippen LogP contribution < -0.4 is 25.0 Å². The van der Waals surface area contributed by atoms with E-state index >= 15 is 0 Å². The molecule has 50 heavy (non-hydrogen) atoms. The van der Waals surface area contributed by atoms with E-state index in [2.05, 4.69) is 58.7 Å². The molecule has 3 heterocycles. The van der Waals surface area contributed by atoms with Crippen LogP contribution in [0.5, 0.6) is 17.4 Å². The second-order valence-electron chi connectivity index (χ2n) is 13.6. The predicted octanol–water partition coefficient (Wildman–Crippen LogP) is 5.08. The maximum Gasteiger partial charge on any atom is 0.262 e. The number of nitrogens with one attached hydrogen (secondary N) is 2. The van der Waals surface area contributed by atoms with Crippen LogP contribution in [0.2, 0.25) is 0 Å². The zero-order valence-corrected chi connectivity index (χ0v) is 28.3. The Morgan fingerprint density at radius 3 is 2.12 bits per heavy atom. The zero-order chi connectivity index (χ0) is 35.2. The molecule has 2 aliphatic heterocycles. The summed E-state index contributed by atoms with van der Waals surface area (Å²) >= 11 is 0. The van der Waals surface area contributed by atoms with Gasteiger partial charge in [0, 0.05) is 50.5 Å². The van der Waals surface area contributed by atoms with Crippen LogP contribution in [-0.2, 0) is 15.0 Å². The molecule has 3 aliphatic rings. The number of anilines is 2. The first kappa shape index (κ1) is 32.8. The van der Waals surface area contributed by atoms with E-state index in [1.54, 1.807) is 30.6 Å². The fraction of sp³-hybridized carbons (Fsp3) is 0.316. The minimum absolute atomic E-state index is 0.0448. The van der Waals surface area contributed by atoms with Crippen molar-refractivity contribution in [3.8, 4) is 17.4 Å². The van der Waals surface area contributed by atoms with E-state index in [0.29, 0.717) is 11.6 Å². The van der Waals surface area contributed by atoms with Crippen molar-refractivity contribution in [2.24, 2.45) is 0 Å². The summed E-state index contributed by atoms with van der Waals surface area (Å²) in [7, 11) is 3.82. The molecule has 12 nitrogen and oxygen atoms in total. The molecule has 12 heteroatoms. The number of fused-ring (bicyclic) bond motifs is 1. The number of hydrogen-bond donors (Lipinski definition) is 2. The van der Waals surface area contributed by atoms with Crippen LogP contribution in [0.1, 0.15) is 71.4 Å². The predicted molar refractivity (Wildman–Crippen MR) is 186 cm³/mol. The van der Waals surface area contributed by atoms with Crippen molar-refractivity contribution in [1.29, 1.82) is 0 Å². The third-order valence-corrected chi connectivity index (χ3v) is 9.66. The number of nitrogens with zero attached hydrogens (tertiary/aromatic N) is 4. The van der Waals surface area contributed by atoms with E-state index in [1.165, 1.54) is 0 Å². The maximum atomic E-state index is 13.2. The molecule has 2 N–H and O–H groups in total. The Kier molecular flexibility index (Phi) is 8.46. The van der Waals surface area contributed by atoms with Crippen molar-refractivity contribution < 1.29 is 28.7 Å². The molecular weight excluding hydrogens is 636 g/mol. The lowest BCUT2D eigenvalue weighted by molar-refractivity contribution is -0.136. The van der Waals surface area contributed by atoms with Gasteiger partial charge in [-0.05, 0) is 60.0 Å². The topological polar surface area (TPSA) is 143 Å². The number of carbonyl (C=O) groups excluding carboxylic acids is 4. The van der Waals surface area contributed by atoms with Gasteiger partial charge in [-0.2, -0.15) is 0 Å². The van der Waals surface area contributed by atoms with Crippen LogP contribution in [-0.4, -0.2) is 70.8 Å². The lowest BCUT2D eigenvalue weighted by Gasteiger charge is -2.36. The van der Waals surface area contributed by atoms with Gasteiger partial charge in [-0.1, -0.05) is 38.1 Å². The van der Waals surface area contributed by atoms with E-state index in [1.807, 2.05) is 43.3 Å². The molecule has 4 aromatic rings. The molecule has 1 saturated carbocycles. The van der Waals surface area contributed by atoms with E-state index in [-0.39, 0.29) is 41.5 Å². The van der Waals surface area contributed by atoms with Crippen LogP contribution in [0.15, 0.2) is 79.1 Å². The second-order valence-corrected chi connectivity index (χ2v) is 13.6. The van der Waals surface area contributed by atoms with Gasteiger partial charge in [0.15, 0.2) is 0 Å². The molecule has 0 bridgehead atoms. The van der Waals surface area contributed by atoms with Gasteiger partial charge in [0.2, 0.25) is 17.7 Å². The van der Waals surface area contributed by atoms with Crippen LogP contribution in [0.3, 0.4) is 0 Å². The molecule has 0 spiro atoms. The van der Waals surface area contributed by atoms with E-state index in [9.17, 15) is 19.2 Å². The third kappa shape index (κ3) is 6.36. The minimum atomic E-state index is -0.985. The first-order valence-corrected chi connectivity index (χ1v) is 16.6. The standard InChI is InChI=1S/C38H38N6O6/c1-38(2,23-7-12-27(13-8-23)50-34-21-39-32(20-40-34)43(3)4)22-5-10-26(11-6-22)49-28-17-25(18-28)41-24-9-14-29-30(19-24)37(48)44(36(29)47)31-15-16-33(45)42-35(31)46/h5-14,19-21,25,28,31,41H,15-18H2,1-4H3,(H,42,45,46). The minimum Gasteiger partial charge on any atom is -0.490 e. The number of imide groups is 2. The second kappa shape index (κ2) is 12.9. The SMILES string of the molecule is CN(C)c1cnc(Oc2ccc(C(C)(C)c3ccc(OC4CC(Nc5ccc6c(c5)C(=O)N(C5CCC(=O)NC5=O)C6=O)C4)cc3)cc2)cn1. The summed E-state index contributed by atoms with van der Waals surface area (Å²) < 4.78 is 12.1. The molecule has 0 radical (unpaired) electrons. The molecule has 1 saturated heterocycles. The highest BCUT2D eigenvalue weighted by molar-refractivity contribution is 6.23. The molecule has 1 aliphatic carbocycles. The van der Waals surface area contributed by atoms with Crippen molar-refractivity contribution in [3.63, 3.8) is 0 Å². The lowest BCUT2D eigenvalue weighted by atomic mass is 9.78. The summed E-state index contributed by atoms with van der Waals surface area (Å²) in [6, 6.07) is 20.4. The average molecular weight is 675 g/mol. The maximum absolute atomic E-state index is 13.2. The summed E-state index contributed by atoms with van der Waals surface area (Å²) in [5.41, 5.74) is 3.27. The van der Waals surface area contributed by atoms with Gasteiger partial charge >= 0.3 is 0 Å². The van der Waals surface area contributed by atoms with E-state index in [0.717, 1.165) is 46.1 Å².